The number of carbonyl (C=O) groups is 2. The van der Waals surface area contributed by atoms with Crippen molar-refractivity contribution < 1.29 is 14.0 Å². The van der Waals surface area contributed by atoms with Crippen LogP contribution in [0.2, 0.25) is 5.02 Å². The highest BCUT2D eigenvalue weighted by Crippen LogP contribution is 2.21. The maximum Gasteiger partial charge on any atom is 0.243 e. The number of carbonyl (C=O) groups excluding carboxylic acids is 2. The third-order valence-electron chi connectivity index (χ3n) is 5.42. The molecule has 33 heavy (non-hydrogen) atoms. The molecular formula is C27H28ClFN2O2. The van der Waals surface area contributed by atoms with Crippen molar-refractivity contribution in [3.05, 3.63) is 106 Å². The maximum atomic E-state index is 14.5. The highest BCUT2D eigenvalue weighted by atomic mass is 35.5. The monoisotopic (exact) mass is 466 g/mol. The van der Waals surface area contributed by atoms with Crippen molar-refractivity contribution in [3.63, 3.8) is 0 Å². The van der Waals surface area contributed by atoms with Gasteiger partial charge in [-0.2, -0.15) is 0 Å². The molecule has 1 N–H and O–H groups in total. The average Bonchev–Trinajstić information content (AvgIpc) is 2.83. The summed E-state index contributed by atoms with van der Waals surface area (Å²) in [5.41, 5.74) is 1.93. The molecule has 0 bridgehead atoms. The predicted octanol–water partition coefficient (Wildman–Crippen LogP) is 5.19. The van der Waals surface area contributed by atoms with Crippen LogP contribution in [0.4, 0.5) is 4.39 Å². The molecule has 2 amide bonds. The first-order valence-electron chi connectivity index (χ1n) is 11.1. The third kappa shape index (κ3) is 6.90. The smallest absolute Gasteiger partial charge is 0.243 e. The summed E-state index contributed by atoms with van der Waals surface area (Å²) >= 11 is 6.29. The van der Waals surface area contributed by atoms with E-state index in [1.807, 2.05) is 43.3 Å². The molecule has 0 unspecified atom stereocenters. The SMILES string of the molecule is CCCNC(=O)[C@@H](Cc1ccccc1)N(Cc1ccccc1F)C(=O)Cc1ccccc1Cl. The Morgan fingerprint density at radius 1 is 0.939 bits per heavy atom. The Morgan fingerprint density at radius 2 is 1.58 bits per heavy atom. The number of hydrogen-bond donors (Lipinski definition) is 1. The van der Waals surface area contributed by atoms with E-state index in [1.165, 1.54) is 11.0 Å². The van der Waals surface area contributed by atoms with Gasteiger partial charge in [-0.25, -0.2) is 4.39 Å². The lowest BCUT2D eigenvalue weighted by Crippen LogP contribution is -2.51. The molecule has 172 valence electrons. The number of halogens is 2. The van der Waals surface area contributed by atoms with Crippen LogP contribution >= 0.6 is 11.6 Å². The van der Waals surface area contributed by atoms with Gasteiger partial charge in [0.15, 0.2) is 0 Å². The first kappa shape index (κ1) is 24.5. The van der Waals surface area contributed by atoms with E-state index in [9.17, 15) is 14.0 Å². The van der Waals surface area contributed by atoms with Crippen LogP contribution in [0.1, 0.15) is 30.0 Å². The molecule has 0 heterocycles. The second kappa shape index (κ2) is 12.2. The Labute approximate surface area is 199 Å². The van der Waals surface area contributed by atoms with Gasteiger partial charge in [-0.05, 0) is 29.7 Å². The molecule has 3 aromatic carbocycles. The summed E-state index contributed by atoms with van der Waals surface area (Å²) in [6.45, 7) is 2.44. The second-order valence-corrected chi connectivity index (χ2v) is 8.28. The molecule has 0 radical (unpaired) electrons. The Hall–Kier alpha value is -3.18. The Kier molecular flexibility index (Phi) is 9.02. The topological polar surface area (TPSA) is 49.4 Å². The summed E-state index contributed by atoms with van der Waals surface area (Å²) in [4.78, 5) is 28.2. The molecule has 0 aromatic heterocycles. The van der Waals surface area contributed by atoms with Crippen molar-refractivity contribution in [2.24, 2.45) is 0 Å². The molecule has 0 saturated carbocycles. The average molecular weight is 467 g/mol. The molecule has 6 heteroatoms. The molecule has 0 saturated heterocycles. The highest BCUT2D eigenvalue weighted by molar-refractivity contribution is 6.31. The normalized spacial score (nSPS) is 11.6. The van der Waals surface area contributed by atoms with Crippen LogP contribution in [0.5, 0.6) is 0 Å². The Balaban J connectivity index is 1.97. The first-order valence-corrected chi connectivity index (χ1v) is 11.4. The number of nitrogens with zero attached hydrogens (tertiary/aromatic N) is 1. The molecule has 0 aliphatic heterocycles. The van der Waals surface area contributed by atoms with Gasteiger partial charge in [0.1, 0.15) is 11.9 Å². The van der Waals surface area contributed by atoms with Gasteiger partial charge in [-0.1, -0.05) is 85.3 Å². The third-order valence-corrected chi connectivity index (χ3v) is 5.79. The van der Waals surface area contributed by atoms with Crippen LogP contribution in [0, 0.1) is 5.82 Å². The van der Waals surface area contributed by atoms with Gasteiger partial charge in [0, 0.05) is 30.1 Å². The largest absolute Gasteiger partial charge is 0.354 e. The van der Waals surface area contributed by atoms with Gasteiger partial charge in [-0.3, -0.25) is 9.59 Å². The van der Waals surface area contributed by atoms with Crippen molar-refractivity contribution >= 4 is 23.4 Å². The maximum absolute atomic E-state index is 14.5. The van der Waals surface area contributed by atoms with Crippen LogP contribution in [0.3, 0.4) is 0 Å². The summed E-state index contributed by atoms with van der Waals surface area (Å²) < 4.78 is 14.5. The minimum atomic E-state index is -0.798. The van der Waals surface area contributed by atoms with Crippen molar-refractivity contribution in [2.75, 3.05) is 6.54 Å². The number of nitrogens with one attached hydrogen (secondary N) is 1. The van der Waals surface area contributed by atoms with E-state index >= 15 is 0 Å². The molecule has 4 nitrogen and oxygen atoms in total. The van der Waals surface area contributed by atoms with E-state index in [2.05, 4.69) is 5.32 Å². The molecule has 0 fully saturated rings. The van der Waals surface area contributed by atoms with Gasteiger partial charge >= 0.3 is 0 Å². The number of hydrogen-bond acceptors (Lipinski definition) is 2. The van der Waals surface area contributed by atoms with Crippen LogP contribution in [0.15, 0.2) is 78.9 Å². The summed E-state index contributed by atoms with van der Waals surface area (Å²) in [5.74, 6) is -0.969. The van der Waals surface area contributed by atoms with Crippen molar-refractivity contribution in [1.82, 2.24) is 10.2 Å². The van der Waals surface area contributed by atoms with Gasteiger partial charge in [-0.15, -0.1) is 0 Å². The van der Waals surface area contributed by atoms with Crippen LogP contribution in [-0.4, -0.2) is 29.3 Å². The molecule has 0 aliphatic carbocycles. The Morgan fingerprint density at radius 3 is 2.24 bits per heavy atom. The summed E-state index contributed by atoms with van der Waals surface area (Å²) in [5, 5.41) is 3.39. The number of benzene rings is 3. The number of amides is 2. The zero-order chi connectivity index (χ0) is 23.6. The number of rotatable bonds is 10. The fourth-order valence-corrected chi connectivity index (χ4v) is 3.84. The van der Waals surface area contributed by atoms with Gasteiger partial charge in [0.25, 0.3) is 0 Å². The fraction of sp³-hybridized carbons (Fsp3) is 0.259. The van der Waals surface area contributed by atoms with Gasteiger partial charge in [0.05, 0.1) is 6.42 Å². The van der Waals surface area contributed by atoms with Gasteiger partial charge in [0.2, 0.25) is 11.8 Å². The summed E-state index contributed by atoms with van der Waals surface area (Å²) in [7, 11) is 0. The molecule has 0 spiro atoms. The zero-order valence-corrected chi connectivity index (χ0v) is 19.4. The molecule has 3 aromatic rings. The molecule has 1 atom stereocenters. The quantitative estimate of drug-likeness (QED) is 0.447. The second-order valence-electron chi connectivity index (χ2n) is 7.88. The van der Waals surface area contributed by atoms with Crippen molar-refractivity contribution in [2.45, 2.75) is 38.8 Å². The van der Waals surface area contributed by atoms with E-state index in [0.717, 1.165) is 12.0 Å². The molecule has 3 rings (SSSR count). The predicted molar refractivity (Wildman–Crippen MR) is 129 cm³/mol. The summed E-state index contributed by atoms with van der Waals surface area (Å²) in [6, 6.07) is 22.1. The zero-order valence-electron chi connectivity index (χ0n) is 18.6. The molecular weight excluding hydrogens is 439 g/mol. The lowest BCUT2D eigenvalue weighted by atomic mass is 10.0. The van der Waals surface area contributed by atoms with E-state index < -0.39 is 11.9 Å². The van der Waals surface area contributed by atoms with Crippen molar-refractivity contribution in [1.29, 1.82) is 0 Å². The van der Waals surface area contributed by atoms with E-state index in [4.69, 9.17) is 11.6 Å². The van der Waals surface area contributed by atoms with Crippen LogP contribution < -0.4 is 5.32 Å². The Bertz CT molecular complexity index is 1070. The molecule has 0 aliphatic rings. The van der Waals surface area contributed by atoms with E-state index in [-0.39, 0.29) is 24.8 Å². The van der Waals surface area contributed by atoms with E-state index in [0.29, 0.717) is 29.1 Å². The first-order chi connectivity index (χ1) is 16.0. The van der Waals surface area contributed by atoms with Crippen LogP contribution in [-0.2, 0) is 29.0 Å². The van der Waals surface area contributed by atoms with Gasteiger partial charge < -0.3 is 10.2 Å². The lowest BCUT2D eigenvalue weighted by Gasteiger charge is -2.32. The van der Waals surface area contributed by atoms with E-state index in [1.54, 1.807) is 36.4 Å². The minimum absolute atomic E-state index is 0.0144. The summed E-state index contributed by atoms with van der Waals surface area (Å²) in [6.07, 6.45) is 1.10. The fourth-order valence-electron chi connectivity index (χ4n) is 3.64. The standard InChI is InChI=1S/C27H28ClFN2O2/c1-2-16-30-27(33)25(17-20-10-4-3-5-11-20)31(19-22-13-7-9-15-24(22)29)26(32)18-21-12-6-8-14-23(21)28/h3-15,25H,2,16-19H2,1H3,(H,30,33)/t25-/m1/s1. The lowest BCUT2D eigenvalue weighted by molar-refractivity contribution is -0.140. The highest BCUT2D eigenvalue weighted by Gasteiger charge is 2.31. The minimum Gasteiger partial charge on any atom is -0.354 e. The van der Waals surface area contributed by atoms with Crippen molar-refractivity contribution in [3.8, 4) is 0 Å². The van der Waals surface area contributed by atoms with Crippen LogP contribution in [0.25, 0.3) is 0 Å².